The fourth-order valence-corrected chi connectivity index (χ4v) is 3.35. The van der Waals surface area contributed by atoms with Gasteiger partial charge in [-0.3, -0.25) is 4.79 Å². The third-order valence-electron chi connectivity index (χ3n) is 5.00. The second-order valence-corrected chi connectivity index (χ2v) is 6.60. The second kappa shape index (κ2) is 7.77. The van der Waals surface area contributed by atoms with Gasteiger partial charge in [0.15, 0.2) is 6.61 Å². The first-order valence-corrected chi connectivity index (χ1v) is 9.01. The molecule has 1 aliphatic heterocycles. The van der Waals surface area contributed by atoms with Gasteiger partial charge in [0.25, 0.3) is 5.91 Å². The number of benzene rings is 2. The summed E-state index contributed by atoms with van der Waals surface area (Å²) in [5.41, 5.74) is 0.713. The van der Waals surface area contributed by atoms with Crippen molar-refractivity contribution in [3.63, 3.8) is 0 Å². The number of ether oxygens (including phenoxy) is 2. The molecule has 2 aromatic rings. The van der Waals surface area contributed by atoms with E-state index in [1.807, 2.05) is 24.3 Å². The first kappa shape index (κ1) is 18.2. The lowest BCUT2D eigenvalue weighted by Gasteiger charge is -2.41. The predicted octanol–water partition coefficient (Wildman–Crippen LogP) is 4.40. The van der Waals surface area contributed by atoms with Crippen molar-refractivity contribution in [3.8, 4) is 11.5 Å². The van der Waals surface area contributed by atoms with Crippen LogP contribution in [0.5, 0.6) is 11.5 Å². The largest absolute Gasteiger partial charge is 0.487 e. The van der Waals surface area contributed by atoms with E-state index in [-0.39, 0.29) is 30.0 Å². The molecule has 26 heavy (non-hydrogen) atoms. The third-order valence-corrected chi connectivity index (χ3v) is 5.00. The lowest BCUT2D eigenvalue weighted by atomic mass is 9.83. The molecule has 0 aromatic heterocycles. The molecule has 0 saturated carbocycles. The molecule has 1 aliphatic rings. The Morgan fingerprint density at radius 3 is 2.58 bits per heavy atom. The molecule has 2 aromatic carbocycles. The van der Waals surface area contributed by atoms with E-state index in [1.54, 1.807) is 0 Å². The topological polar surface area (TPSA) is 47.6 Å². The van der Waals surface area contributed by atoms with Gasteiger partial charge in [-0.15, -0.1) is 0 Å². The molecule has 0 bridgehead atoms. The number of nitrogens with one attached hydrogen (secondary N) is 1. The number of fused-ring (bicyclic) bond motifs is 1. The van der Waals surface area contributed by atoms with Crippen molar-refractivity contribution >= 4 is 5.91 Å². The van der Waals surface area contributed by atoms with Crippen LogP contribution in [0.3, 0.4) is 0 Å². The zero-order chi connectivity index (χ0) is 18.6. The number of para-hydroxylation sites is 1. The van der Waals surface area contributed by atoms with Gasteiger partial charge in [0.1, 0.15) is 22.9 Å². The average Bonchev–Trinajstić information content (AvgIpc) is 2.67. The van der Waals surface area contributed by atoms with E-state index in [2.05, 4.69) is 19.2 Å². The summed E-state index contributed by atoms with van der Waals surface area (Å²) >= 11 is 0. The predicted molar refractivity (Wildman–Crippen MR) is 97.8 cm³/mol. The molecule has 0 saturated heterocycles. The van der Waals surface area contributed by atoms with Crippen molar-refractivity contribution in [2.45, 2.75) is 44.8 Å². The first-order valence-electron chi connectivity index (χ1n) is 9.01. The molecule has 0 radical (unpaired) electrons. The van der Waals surface area contributed by atoms with Gasteiger partial charge >= 0.3 is 0 Å². The van der Waals surface area contributed by atoms with Crippen LogP contribution in [0.1, 0.15) is 44.7 Å². The molecule has 4 nitrogen and oxygen atoms in total. The number of rotatable bonds is 6. The van der Waals surface area contributed by atoms with Gasteiger partial charge < -0.3 is 14.8 Å². The van der Waals surface area contributed by atoms with E-state index < -0.39 is 0 Å². The number of carbonyl (C=O) groups is 1. The van der Waals surface area contributed by atoms with Crippen molar-refractivity contribution in [3.05, 3.63) is 59.9 Å². The Bertz CT molecular complexity index is 756. The van der Waals surface area contributed by atoms with Crippen LogP contribution in [0.2, 0.25) is 0 Å². The maximum atomic E-state index is 12.9. The highest BCUT2D eigenvalue weighted by molar-refractivity contribution is 5.78. The highest BCUT2D eigenvalue weighted by Gasteiger charge is 2.38. The quantitative estimate of drug-likeness (QED) is 0.833. The Morgan fingerprint density at radius 1 is 1.19 bits per heavy atom. The van der Waals surface area contributed by atoms with Gasteiger partial charge in [0.05, 0.1) is 6.04 Å². The molecule has 5 heteroatoms. The van der Waals surface area contributed by atoms with Crippen LogP contribution in [-0.4, -0.2) is 18.1 Å². The van der Waals surface area contributed by atoms with Crippen LogP contribution < -0.4 is 14.8 Å². The molecule has 1 atom stereocenters. The normalized spacial score (nSPS) is 17.7. The molecule has 138 valence electrons. The number of amides is 1. The zero-order valence-corrected chi connectivity index (χ0v) is 15.1. The number of carbonyl (C=O) groups excluding carboxylic acids is 1. The van der Waals surface area contributed by atoms with E-state index in [9.17, 15) is 9.18 Å². The molecular formula is C21H24FNO3. The van der Waals surface area contributed by atoms with Crippen LogP contribution in [-0.2, 0) is 4.79 Å². The average molecular weight is 357 g/mol. The Balaban J connectivity index is 1.69. The van der Waals surface area contributed by atoms with E-state index in [0.717, 1.165) is 30.6 Å². The number of hydrogen-bond donors (Lipinski definition) is 1. The Kier molecular flexibility index (Phi) is 5.45. The summed E-state index contributed by atoms with van der Waals surface area (Å²) in [6.45, 7) is 4.10. The van der Waals surface area contributed by atoms with Crippen molar-refractivity contribution in [1.82, 2.24) is 5.32 Å². The van der Waals surface area contributed by atoms with Crippen LogP contribution in [0.25, 0.3) is 0 Å². The van der Waals surface area contributed by atoms with Crippen LogP contribution in [0.4, 0.5) is 4.39 Å². The van der Waals surface area contributed by atoms with E-state index in [0.29, 0.717) is 5.75 Å². The Hall–Kier alpha value is -2.56. The Morgan fingerprint density at radius 2 is 1.88 bits per heavy atom. The van der Waals surface area contributed by atoms with Gasteiger partial charge in [-0.25, -0.2) is 4.39 Å². The minimum atomic E-state index is -0.337. The molecule has 0 spiro atoms. The lowest BCUT2D eigenvalue weighted by Crippen LogP contribution is -2.45. The van der Waals surface area contributed by atoms with Crippen molar-refractivity contribution in [2.24, 2.45) is 0 Å². The van der Waals surface area contributed by atoms with Crippen molar-refractivity contribution in [1.29, 1.82) is 0 Å². The van der Waals surface area contributed by atoms with E-state index in [1.165, 1.54) is 24.3 Å². The first-order chi connectivity index (χ1) is 12.5. The summed E-state index contributed by atoms with van der Waals surface area (Å²) in [6, 6.07) is 13.3. The molecular weight excluding hydrogens is 333 g/mol. The van der Waals surface area contributed by atoms with Gasteiger partial charge in [-0.1, -0.05) is 32.0 Å². The fourth-order valence-electron chi connectivity index (χ4n) is 3.35. The minimum absolute atomic E-state index is 0.115. The lowest BCUT2D eigenvalue weighted by molar-refractivity contribution is -0.124. The van der Waals surface area contributed by atoms with Gasteiger partial charge in [-0.2, -0.15) is 0 Å². The fraction of sp³-hybridized carbons (Fsp3) is 0.381. The number of halogens is 1. The van der Waals surface area contributed by atoms with Gasteiger partial charge in [-0.05, 0) is 43.2 Å². The minimum Gasteiger partial charge on any atom is -0.487 e. The highest BCUT2D eigenvalue weighted by atomic mass is 19.1. The number of hydrogen-bond acceptors (Lipinski definition) is 3. The van der Waals surface area contributed by atoms with Crippen molar-refractivity contribution < 1.29 is 18.7 Å². The monoisotopic (exact) mass is 357 g/mol. The maximum absolute atomic E-state index is 12.9. The maximum Gasteiger partial charge on any atom is 0.258 e. The molecule has 0 aliphatic carbocycles. The van der Waals surface area contributed by atoms with E-state index >= 15 is 0 Å². The van der Waals surface area contributed by atoms with Crippen molar-refractivity contribution in [2.75, 3.05) is 6.61 Å². The molecule has 1 unspecified atom stereocenters. The Labute approximate surface area is 153 Å². The molecule has 0 fully saturated rings. The standard InChI is InChI=1S/C21H24FNO3/c1-3-21(4-2)13-18(17-7-5-6-8-19(17)26-21)23-20(24)14-25-16-11-9-15(22)10-12-16/h5-12,18H,3-4,13-14H2,1-2H3,(H,23,24). The third kappa shape index (κ3) is 3.98. The summed E-state index contributed by atoms with van der Waals surface area (Å²) in [6.07, 6.45) is 2.46. The summed E-state index contributed by atoms with van der Waals surface area (Å²) < 4.78 is 24.6. The molecule has 1 amide bonds. The molecule has 1 heterocycles. The summed E-state index contributed by atoms with van der Waals surface area (Å²) in [5, 5.41) is 3.06. The van der Waals surface area contributed by atoms with Crippen LogP contribution >= 0.6 is 0 Å². The molecule has 3 rings (SSSR count). The van der Waals surface area contributed by atoms with Gasteiger partial charge in [0, 0.05) is 12.0 Å². The zero-order valence-electron chi connectivity index (χ0n) is 15.1. The van der Waals surface area contributed by atoms with E-state index in [4.69, 9.17) is 9.47 Å². The second-order valence-electron chi connectivity index (χ2n) is 6.60. The smallest absolute Gasteiger partial charge is 0.258 e. The summed E-state index contributed by atoms with van der Waals surface area (Å²) in [5.74, 6) is 0.741. The molecule has 1 N–H and O–H groups in total. The SMILES string of the molecule is CCC1(CC)CC(NC(=O)COc2ccc(F)cc2)c2ccccc2O1. The summed E-state index contributed by atoms with van der Waals surface area (Å²) in [7, 11) is 0. The highest BCUT2D eigenvalue weighted by Crippen LogP contribution is 2.42. The van der Waals surface area contributed by atoms with Crippen LogP contribution in [0, 0.1) is 5.82 Å². The summed E-state index contributed by atoms with van der Waals surface area (Å²) in [4.78, 5) is 12.4. The van der Waals surface area contributed by atoms with Gasteiger partial charge in [0.2, 0.25) is 0 Å². The van der Waals surface area contributed by atoms with Crippen LogP contribution in [0.15, 0.2) is 48.5 Å².